The van der Waals surface area contributed by atoms with Gasteiger partial charge >= 0.3 is 0 Å². The number of nitrogens with one attached hydrogen (secondary N) is 1. The lowest BCUT2D eigenvalue weighted by molar-refractivity contribution is -0.120. The van der Waals surface area contributed by atoms with Crippen LogP contribution in [0.4, 0.5) is 5.69 Å². The minimum absolute atomic E-state index is 0.150. The lowest BCUT2D eigenvalue weighted by Crippen LogP contribution is -2.50. The number of carbonyl (C=O) groups excluding carboxylic acids is 1. The number of sulfonamides is 1. The van der Waals surface area contributed by atoms with E-state index in [4.69, 9.17) is 0 Å². The van der Waals surface area contributed by atoms with Crippen molar-refractivity contribution in [2.24, 2.45) is 0 Å². The molecule has 0 saturated heterocycles. The first-order valence-corrected chi connectivity index (χ1v) is 12.3. The quantitative estimate of drug-likeness (QED) is 0.475. The molecule has 4 aromatic rings. The van der Waals surface area contributed by atoms with E-state index in [9.17, 15) is 13.2 Å². The van der Waals surface area contributed by atoms with E-state index in [-0.39, 0.29) is 17.3 Å². The fourth-order valence-corrected chi connectivity index (χ4v) is 5.97. The summed E-state index contributed by atoms with van der Waals surface area (Å²) in [6, 6.07) is 27.1. The third kappa shape index (κ3) is 4.03. The molecule has 6 heteroatoms. The fraction of sp³-hybridized carbons (Fsp3) is 0.148. The Morgan fingerprint density at radius 2 is 1.52 bits per heavy atom. The molecule has 1 aliphatic heterocycles. The van der Waals surface area contributed by atoms with Crippen molar-refractivity contribution in [3.63, 3.8) is 0 Å². The van der Waals surface area contributed by atoms with Crippen LogP contribution < -0.4 is 5.32 Å². The fourth-order valence-electron chi connectivity index (χ4n) is 4.37. The molecule has 0 spiro atoms. The van der Waals surface area contributed by atoms with Crippen LogP contribution in [-0.2, 0) is 27.8 Å². The molecule has 0 radical (unpaired) electrons. The van der Waals surface area contributed by atoms with Gasteiger partial charge in [-0.1, -0.05) is 72.8 Å². The summed E-state index contributed by atoms with van der Waals surface area (Å²) < 4.78 is 29.0. The average Bonchev–Trinajstić information content (AvgIpc) is 2.84. The van der Waals surface area contributed by atoms with Crippen LogP contribution >= 0.6 is 0 Å². The molecule has 0 saturated carbocycles. The largest absolute Gasteiger partial charge is 0.324 e. The molecule has 1 aliphatic rings. The van der Waals surface area contributed by atoms with Gasteiger partial charge in [-0.15, -0.1) is 0 Å². The molecule has 1 atom stereocenters. The van der Waals surface area contributed by atoms with E-state index in [2.05, 4.69) is 5.32 Å². The normalized spacial score (nSPS) is 16.3. The van der Waals surface area contributed by atoms with E-state index in [1.165, 1.54) is 4.31 Å². The number of benzene rings is 4. The van der Waals surface area contributed by atoms with Crippen LogP contribution in [0.5, 0.6) is 0 Å². The second-order valence-corrected chi connectivity index (χ2v) is 10.2. The Kier molecular flexibility index (Phi) is 5.48. The van der Waals surface area contributed by atoms with Crippen molar-refractivity contribution in [1.82, 2.24) is 4.31 Å². The maximum atomic E-state index is 13.8. The van der Waals surface area contributed by atoms with Crippen LogP contribution in [0.25, 0.3) is 10.8 Å². The second-order valence-electron chi connectivity index (χ2n) is 8.35. The van der Waals surface area contributed by atoms with Gasteiger partial charge in [0.05, 0.1) is 4.90 Å². The summed E-state index contributed by atoms with van der Waals surface area (Å²) in [6.45, 7) is 2.06. The Hall–Kier alpha value is -3.48. The van der Waals surface area contributed by atoms with Gasteiger partial charge in [0, 0.05) is 12.2 Å². The topological polar surface area (TPSA) is 66.5 Å². The Labute approximate surface area is 193 Å². The zero-order chi connectivity index (χ0) is 23.0. The van der Waals surface area contributed by atoms with E-state index < -0.39 is 16.1 Å². The molecule has 1 N–H and O–H groups in total. The van der Waals surface area contributed by atoms with Gasteiger partial charge in [-0.2, -0.15) is 4.31 Å². The van der Waals surface area contributed by atoms with Crippen molar-refractivity contribution in [2.45, 2.75) is 30.8 Å². The second kappa shape index (κ2) is 8.46. The van der Waals surface area contributed by atoms with E-state index in [0.717, 1.165) is 27.5 Å². The lowest BCUT2D eigenvalue weighted by atomic mass is 9.95. The van der Waals surface area contributed by atoms with Gasteiger partial charge in [-0.05, 0) is 59.0 Å². The number of hydrogen-bond acceptors (Lipinski definition) is 3. The van der Waals surface area contributed by atoms with Gasteiger partial charge in [0.25, 0.3) is 0 Å². The molecule has 1 amide bonds. The number of carbonyl (C=O) groups is 1. The Balaban J connectivity index is 1.55. The summed E-state index contributed by atoms with van der Waals surface area (Å²) >= 11 is 0. The molecule has 0 fully saturated rings. The number of para-hydroxylation sites is 1. The van der Waals surface area contributed by atoms with Gasteiger partial charge in [0.15, 0.2) is 0 Å². The molecular formula is C27H24N2O3S. The summed E-state index contributed by atoms with van der Waals surface area (Å²) in [5.74, 6) is -0.330. The van der Waals surface area contributed by atoms with Crippen LogP contribution in [-0.4, -0.2) is 24.7 Å². The minimum atomic E-state index is -3.92. The zero-order valence-corrected chi connectivity index (χ0v) is 19.0. The van der Waals surface area contributed by atoms with Crippen molar-refractivity contribution in [3.05, 3.63) is 108 Å². The molecule has 4 aromatic carbocycles. The average molecular weight is 457 g/mol. The molecule has 0 aromatic heterocycles. The third-order valence-electron chi connectivity index (χ3n) is 6.24. The van der Waals surface area contributed by atoms with Gasteiger partial charge < -0.3 is 5.32 Å². The van der Waals surface area contributed by atoms with E-state index in [1.807, 2.05) is 85.8 Å². The molecule has 1 heterocycles. The molecule has 0 bridgehead atoms. The number of hydrogen-bond donors (Lipinski definition) is 1. The van der Waals surface area contributed by atoms with Crippen molar-refractivity contribution in [3.8, 4) is 0 Å². The van der Waals surface area contributed by atoms with Gasteiger partial charge in [-0.3, -0.25) is 4.79 Å². The summed E-state index contributed by atoms with van der Waals surface area (Å²) in [6.07, 6.45) is 0.320. The molecule has 166 valence electrons. The lowest BCUT2D eigenvalue weighted by Gasteiger charge is -2.35. The number of anilines is 1. The van der Waals surface area contributed by atoms with Crippen LogP contribution in [0.1, 0.15) is 16.7 Å². The van der Waals surface area contributed by atoms with Crippen molar-refractivity contribution in [2.75, 3.05) is 5.32 Å². The predicted molar refractivity (Wildman–Crippen MR) is 130 cm³/mol. The summed E-state index contributed by atoms with van der Waals surface area (Å²) in [4.78, 5) is 13.6. The Bertz CT molecular complexity index is 1460. The predicted octanol–water partition coefficient (Wildman–Crippen LogP) is 4.90. The summed E-state index contributed by atoms with van der Waals surface area (Å²) in [5, 5.41) is 4.76. The minimum Gasteiger partial charge on any atom is -0.324 e. The molecule has 0 unspecified atom stereocenters. The number of rotatable bonds is 4. The standard InChI is InChI=1S/C27H24N2O3S/c1-19-8-2-7-13-25(19)28-27(30)26-17-22-11-5-6-12-23(22)18-29(26)33(31,32)24-15-14-20-9-3-4-10-21(20)16-24/h2-16,26H,17-18H2,1H3,(H,28,30)/t26-/m1/s1. The van der Waals surface area contributed by atoms with Crippen LogP contribution in [0.15, 0.2) is 95.9 Å². The Morgan fingerprint density at radius 3 is 2.30 bits per heavy atom. The zero-order valence-electron chi connectivity index (χ0n) is 18.2. The third-order valence-corrected chi connectivity index (χ3v) is 8.09. The molecule has 33 heavy (non-hydrogen) atoms. The molecular weight excluding hydrogens is 432 g/mol. The van der Waals surface area contributed by atoms with Crippen molar-refractivity contribution < 1.29 is 13.2 Å². The first kappa shape index (κ1) is 21.4. The number of nitrogens with zero attached hydrogens (tertiary/aromatic N) is 1. The van der Waals surface area contributed by atoms with Crippen LogP contribution in [0.3, 0.4) is 0 Å². The summed E-state index contributed by atoms with van der Waals surface area (Å²) in [7, 11) is -3.92. The van der Waals surface area contributed by atoms with Gasteiger partial charge in [0.2, 0.25) is 15.9 Å². The van der Waals surface area contributed by atoms with Crippen molar-refractivity contribution in [1.29, 1.82) is 0 Å². The van der Waals surface area contributed by atoms with E-state index in [1.54, 1.807) is 12.1 Å². The molecule has 5 nitrogen and oxygen atoms in total. The Morgan fingerprint density at radius 1 is 0.848 bits per heavy atom. The van der Waals surface area contributed by atoms with E-state index in [0.29, 0.717) is 12.1 Å². The first-order chi connectivity index (χ1) is 15.9. The van der Waals surface area contributed by atoms with Crippen molar-refractivity contribution >= 4 is 32.4 Å². The van der Waals surface area contributed by atoms with Gasteiger partial charge in [-0.25, -0.2) is 8.42 Å². The smallest absolute Gasteiger partial charge is 0.244 e. The maximum Gasteiger partial charge on any atom is 0.244 e. The highest BCUT2D eigenvalue weighted by Gasteiger charge is 2.39. The number of fused-ring (bicyclic) bond motifs is 2. The monoisotopic (exact) mass is 456 g/mol. The summed E-state index contributed by atoms with van der Waals surface area (Å²) in [5.41, 5.74) is 3.52. The highest BCUT2D eigenvalue weighted by molar-refractivity contribution is 7.89. The first-order valence-electron chi connectivity index (χ1n) is 10.9. The van der Waals surface area contributed by atoms with Crippen LogP contribution in [0, 0.1) is 6.92 Å². The van der Waals surface area contributed by atoms with Crippen LogP contribution in [0.2, 0.25) is 0 Å². The molecule has 5 rings (SSSR count). The maximum absolute atomic E-state index is 13.8. The molecule has 0 aliphatic carbocycles. The van der Waals surface area contributed by atoms with E-state index >= 15 is 0 Å². The highest BCUT2D eigenvalue weighted by Crippen LogP contribution is 2.31. The number of aryl methyl sites for hydroxylation is 1. The van der Waals surface area contributed by atoms with Gasteiger partial charge in [0.1, 0.15) is 6.04 Å². The highest BCUT2D eigenvalue weighted by atomic mass is 32.2. The number of amides is 1. The SMILES string of the molecule is Cc1ccccc1NC(=O)[C@H]1Cc2ccccc2CN1S(=O)(=O)c1ccc2ccccc2c1.